The summed E-state index contributed by atoms with van der Waals surface area (Å²) in [6.07, 6.45) is 3.11. The van der Waals surface area contributed by atoms with Gasteiger partial charge in [0.1, 0.15) is 0 Å². The highest BCUT2D eigenvalue weighted by atomic mass is 35.5. The zero-order valence-electron chi connectivity index (χ0n) is 11.2. The van der Waals surface area contributed by atoms with E-state index < -0.39 is 0 Å². The molecular weight excluding hydrogens is 236 g/mol. The minimum Gasteiger partial charge on any atom is -0.342 e. The molecule has 100 valence electrons. The quantitative estimate of drug-likeness (QED) is 0.783. The fraction of sp³-hybridized carbons (Fsp3) is 0.923. The molecule has 0 aliphatic carbocycles. The summed E-state index contributed by atoms with van der Waals surface area (Å²) in [6.45, 7) is 10.6. The molecule has 0 aromatic carbocycles. The Morgan fingerprint density at radius 1 is 1.35 bits per heavy atom. The highest BCUT2D eigenvalue weighted by Crippen LogP contribution is 2.36. The van der Waals surface area contributed by atoms with Gasteiger partial charge in [-0.3, -0.25) is 4.79 Å². The first-order chi connectivity index (χ1) is 7.40. The lowest BCUT2D eigenvalue weighted by Gasteiger charge is -2.25. The van der Waals surface area contributed by atoms with Gasteiger partial charge in [-0.1, -0.05) is 20.8 Å². The van der Waals surface area contributed by atoms with Crippen LogP contribution in [0.25, 0.3) is 0 Å². The van der Waals surface area contributed by atoms with Gasteiger partial charge < -0.3 is 10.2 Å². The molecule has 0 aromatic heterocycles. The van der Waals surface area contributed by atoms with E-state index >= 15 is 0 Å². The molecule has 1 atom stereocenters. The van der Waals surface area contributed by atoms with Crippen LogP contribution in [0.1, 0.15) is 40.0 Å². The van der Waals surface area contributed by atoms with Crippen molar-refractivity contribution in [2.24, 2.45) is 10.8 Å². The summed E-state index contributed by atoms with van der Waals surface area (Å²) in [4.78, 5) is 14.2. The summed E-state index contributed by atoms with van der Waals surface area (Å²) in [6, 6.07) is 0. The molecular formula is C13H25ClN2O. The molecule has 1 spiro atoms. The summed E-state index contributed by atoms with van der Waals surface area (Å²) in [5.74, 6) is 0.344. The number of carbonyl (C=O) groups is 1. The van der Waals surface area contributed by atoms with E-state index in [4.69, 9.17) is 0 Å². The summed E-state index contributed by atoms with van der Waals surface area (Å²) < 4.78 is 0. The number of amides is 1. The van der Waals surface area contributed by atoms with Crippen LogP contribution in [-0.2, 0) is 4.79 Å². The largest absolute Gasteiger partial charge is 0.342 e. The molecule has 1 unspecified atom stereocenters. The predicted octanol–water partition coefficient (Wildman–Crippen LogP) is 2.06. The molecule has 4 heteroatoms. The Kier molecular flexibility index (Phi) is 4.48. The van der Waals surface area contributed by atoms with E-state index in [1.165, 1.54) is 12.8 Å². The fourth-order valence-electron chi connectivity index (χ4n) is 2.86. The fourth-order valence-corrected chi connectivity index (χ4v) is 2.86. The molecule has 1 amide bonds. The van der Waals surface area contributed by atoms with Crippen molar-refractivity contribution in [3.63, 3.8) is 0 Å². The first kappa shape index (κ1) is 14.8. The second-order valence-electron chi connectivity index (χ2n) is 6.73. The normalized spacial score (nSPS) is 28.5. The van der Waals surface area contributed by atoms with Crippen molar-refractivity contribution in [3.8, 4) is 0 Å². The predicted molar refractivity (Wildman–Crippen MR) is 72.4 cm³/mol. The molecule has 0 bridgehead atoms. The zero-order valence-corrected chi connectivity index (χ0v) is 12.0. The van der Waals surface area contributed by atoms with Crippen LogP contribution in [-0.4, -0.2) is 37.0 Å². The Hall–Kier alpha value is -0.280. The first-order valence-corrected chi connectivity index (χ1v) is 6.39. The van der Waals surface area contributed by atoms with Crippen LogP contribution >= 0.6 is 12.4 Å². The van der Waals surface area contributed by atoms with Gasteiger partial charge in [0.05, 0.1) is 0 Å². The molecule has 0 aromatic rings. The highest BCUT2D eigenvalue weighted by Gasteiger charge is 2.42. The van der Waals surface area contributed by atoms with E-state index in [1.54, 1.807) is 0 Å². The van der Waals surface area contributed by atoms with Gasteiger partial charge >= 0.3 is 0 Å². The minimum absolute atomic E-state index is 0. The summed E-state index contributed by atoms with van der Waals surface area (Å²) >= 11 is 0. The maximum absolute atomic E-state index is 12.1. The Bertz CT molecular complexity index is 280. The van der Waals surface area contributed by atoms with E-state index in [1.807, 2.05) is 0 Å². The second kappa shape index (κ2) is 5.15. The summed E-state index contributed by atoms with van der Waals surface area (Å²) in [7, 11) is 0. The van der Waals surface area contributed by atoms with Gasteiger partial charge in [0.2, 0.25) is 5.91 Å². The van der Waals surface area contributed by atoms with Crippen LogP contribution in [0.4, 0.5) is 0 Å². The SMILES string of the molecule is CC(C)(C)CC(=O)N1CCC2(CCNC2)C1.Cl. The number of halogens is 1. The van der Waals surface area contributed by atoms with Gasteiger partial charge in [0.15, 0.2) is 0 Å². The van der Waals surface area contributed by atoms with Gasteiger partial charge in [0, 0.05) is 31.5 Å². The molecule has 2 heterocycles. The molecule has 17 heavy (non-hydrogen) atoms. The number of likely N-dealkylation sites (tertiary alicyclic amines) is 1. The lowest BCUT2D eigenvalue weighted by atomic mass is 9.86. The number of carbonyl (C=O) groups excluding carboxylic acids is 1. The van der Waals surface area contributed by atoms with Crippen molar-refractivity contribution in [1.82, 2.24) is 10.2 Å². The van der Waals surface area contributed by atoms with Crippen LogP contribution < -0.4 is 5.32 Å². The average molecular weight is 261 g/mol. The number of rotatable bonds is 1. The molecule has 0 radical (unpaired) electrons. The van der Waals surface area contributed by atoms with Crippen molar-refractivity contribution < 1.29 is 4.79 Å². The van der Waals surface area contributed by atoms with Gasteiger partial charge in [-0.25, -0.2) is 0 Å². The lowest BCUT2D eigenvalue weighted by Crippen LogP contribution is -2.35. The van der Waals surface area contributed by atoms with Crippen LogP contribution in [0, 0.1) is 10.8 Å². The van der Waals surface area contributed by atoms with Gasteiger partial charge in [-0.05, 0) is 24.8 Å². The number of hydrogen-bond acceptors (Lipinski definition) is 2. The van der Waals surface area contributed by atoms with Gasteiger partial charge in [-0.2, -0.15) is 0 Å². The van der Waals surface area contributed by atoms with Gasteiger partial charge in [-0.15, -0.1) is 12.4 Å². The molecule has 0 saturated carbocycles. The lowest BCUT2D eigenvalue weighted by molar-refractivity contribution is -0.132. The van der Waals surface area contributed by atoms with Crippen molar-refractivity contribution >= 4 is 18.3 Å². The van der Waals surface area contributed by atoms with Crippen LogP contribution in [0.2, 0.25) is 0 Å². The van der Waals surface area contributed by atoms with E-state index in [-0.39, 0.29) is 17.8 Å². The topological polar surface area (TPSA) is 32.3 Å². The van der Waals surface area contributed by atoms with Gasteiger partial charge in [0.25, 0.3) is 0 Å². The Morgan fingerprint density at radius 2 is 2.06 bits per heavy atom. The molecule has 2 aliphatic heterocycles. The maximum atomic E-state index is 12.1. The molecule has 2 fully saturated rings. The van der Waals surface area contributed by atoms with Crippen LogP contribution in [0.15, 0.2) is 0 Å². The van der Waals surface area contributed by atoms with E-state index in [0.717, 1.165) is 26.2 Å². The standard InChI is InChI=1S/C13H24N2O.ClH/c1-12(2,3)8-11(16)15-7-5-13(10-15)4-6-14-9-13;/h14H,4-10H2,1-3H3;1H. The monoisotopic (exact) mass is 260 g/mol. The highest BCUT2D eigenvalue weighted by molar-refractivity contribution is 5.85. The minimum atomic E-state index is 0. The number of hydrogen-bond donors (Lipinski definition) is 1. The van der Waals surface area contributed by atoms with Crippen LogP contribution in [0.3, 0.4) is 0 Å². The van der Waals surface area contributed by atoms with E-state index in [2.05, 4.69) is 31.0 Å². The van der Waals surface area contributed by atoms with E-state index in [0.29, 0.717) is 17.7 Å². The molecule has 2 rings (SSSR count). The Morgan fingerprint density at radius 3 is 2.59 bits per heavy atom. The van der Waals surface area contributed by atoms with Crippen molar-refractivity contribution in [3.05, 3.63) is 0 Å². The Labute approximate surface area is 111 Å². The molecule has 1 N–H and O–H groups in total. The molecule has 3 nitrogen and oxygen atoms in total. The third kappa shape index (κ3) is 3.59. The average Bonchev–Trinajstić information content (AvgIpc) is 2.74. The summed E-state index contributed by atoms with van der Waals surface area (Å²) in [5.41, 5.74) is 0.522. The molecule has 2 aliphatic rings. The van der Waals surface area contributed by atoms with Crippen molar-refractivity contribution in [2.45, 2.75) is 40.0 Å². The number of nitrogens with one attached hydrogen (secondary N) is 1. The summed E-state index contributed by atoms with van der Waals surface area (Å²) in [5, 5.41) is 3.42. The smallest absolute Gasteiger partial charge is 0.223 e. The third-order valence-corrected chi connectivity index (χ3v) is 3.80. The van der Waals surface area contributed by atoms with Crippen LogP contribution in [0.5, 0.6) is 0 Å². The van der Waals surface area contributed by atoms with E-state index in [9.17, 15) is 4.79 Å². The third-order valence-electron chi connectivity index (χ3n) is 3.80. The second-order valence-corrected chi connectivity index (χ2v) is 6.73. The Balaban J connectivity index is 0.00000144. The first-order valence-electron chi connectivity index (χ1n) is 6.39. The molecule has 2 saturated heterocycles. The maximum Gasteiger partial charge on any atom is 0.223 e. The van der Waals surface area contributed by atoms with Crippen molar-refractivity contribution in [2.75, 3.05) is 26.2 Å². The zero-order chi connectivity index (χ0) is 11.8. The van der Waals surface area contributed by atoms with Crippen molar-refractivity contribution in [1.29, 1.82) is 0 Å². The number of nitrogens with zero attached hydrogens (tertiary/aromatic N) is 1.